The molecule has 0 aromatic rings. The molecule has 0 heterocycles. The van der Waals surface area contributed by atoms with Crippen molar-refractivity contribution in [2.75, 3.05) is 19.6 Å². The monoisotopic (exact) mass is 199 g/mol. The van der Waals surface area contributed by atoms with Crippen LogP contribution in [-0.2, 0) is 4.79 Å². The number of hydrogen-bond donors (Lipinski definition) is 2. The molecule has 0 saturated heterocycles. The Morgan fingerprint density at radius 1 is 1.50 bits per heavy atom. The average molecular weight is 199 g/mol. The van der Waals surface area contributed by atoms with E-state index < -0.39 is 18.0 Å². The maximum atomic E-state index is 10.6. The molecule has 0 aromatic carbocycles. The van der Waals surface area contributed by atoms with Gasteiger partial charge in [-0.3, -0.25) is 9.69 Å². The van der Waals surface area contributed by atoms with Gasteiger partial charge in [-0.05, 0) is 6.92 Å². The summed E-state index contributed by atoms with van der Waals surface area (Å²) in [7, 11) is 0. The van der Waals surface area contributed by atoms with Crippen LogP contribution < -0.4 is 0 Å². The smallest absolute Gasteiger partial charge is 0.307 e. The summed E-state index contributed by atoms with van der Waals surface area (Å²) in [5.41, 5.74) is 0. The van der Waals surface area contributed by atoms with Gasteiger partial charge in [0.05, 0.1) is 18.6 Å². The van der Waals surface area contributed by atoms with Gasteiger partial charge in [0, 0.05) is 13.1 Å². The highest BCUT2D eigenvalue weighted by Gasteiger charge is 2.16. The fraction of sp³-hybridized carbons (Fsp3) is 0.700. The molecule has 0 radical (unpaired) electrons. The summed E-state index contributed by atoms with van der Waals surface area (Å²) in [4.78, 5) is 12.3. The minimum absolute atomic E-state index is 0.364. The van der Waals surface area contributed by atoms with E-state index in [1.807, 2.05) is 0 Å². The second-order valence-corrected chi connectivity index (χ2v) is 3.49. The second kappa shape index (κ2) is 6.41. The predicted octanol–water partition coefficient (Wildman–Crippen LogP) is 0.0231. The molecule has 2 unspecified atom stereocenters. The van der Waals surface area contributed by atoms with E-state index >= 15 is 0 Å². The van der Waals surface area contributed by atoms with Crippen molar-refractivity contribution in [3.05, 3.63) is 0 Å². The van der Waals surface area contributed by atoms with Crippen molar-refractivity contribution in [3.63, 3.8) is 0 Å². The van der Waals surface area contributed by atoms with Gasteiger partial charge in [-0.25, -0.2) is 0 Å². The van der Waals surface area contributed by atoms with Crippen molar-refractivity contribution in [2.24, 2.45) is 5.92 Å². The second-order valence-electron chi connectivity index (χ2n) is 3.49. The third-order valence-electron chi connectivity index (χ3n) is 1.79. The molecule has 0 aliphatic carbocycles. The van der Waals surface area contributed by atoms with Gasteiger partial charge in [-0.1, -0.05) is 12.8 Å². The molecule has 0 aromatic heterocycles. The molecule has 0 spiro atoms. The number of carboxylic acids is 1. The Kier molecular flexibility index (Phi) is 5.93. The van der Waals surface area contributed by atoms with Crippen molar-refractivity contribution >= 4 is 5.97 Å². The highest BCUT2D eigenvalue weighted by atomic mass is 16.4. The highest BCUT2D eigenvalue weighted by molar-refractivity contribution is 5.69. The van der Waals surface area contributed by atoms with Crippen LogP contribution in [0.2, 0.25) is 0 Å². The summed E-state index contributed by atoms with van der Waals surface area (Å²) in [6, 6.07) is 0. The Hall–Kier alpha value is -1.05. The van der Waals surface area contributed by atoms with Gasteiger partial charge >= 0.3 is 5.97 Å². The van der Waals surface area contributed by atoms with Crippen molar-refractivity contribution < 1.29 is 15.0 Å². The van der Waals surface area contributed by atoms with Crippen molar-refractivity contribution in [1.82, 2.24) is 4.90 Å². The number of aliphatic hydroxyl groups excluding tert-OH is 1. The van der Waals surface area contributed by atoms with E-state index in [-0.39, 0.29) is 0 Å². The minimum Gasteiger partial charge on any atom is -0.481 e. The van der Waals surface area contributed by atoms with Gasteiger partial charge in [-0.2, -0.15) is 0 Å². The molecule has 0 fully saturated rings. The lowest BCUT2D eigenvalue weighted by Crippen LogP contribution is -2.36. The summed E-state index contributed by atoms with van der Waals surface area (Å²) < 4.78 is 0. The van der Waals surface area contributed by atoms with E-state index in [0.717, 1.165) is 0 Å². The van der Waals surface area contributed by atoms with Gasteiger partial charge < -0.3 is 10.2 Å². The van der Waals surface area contributed by atoms with Crippen LogP contribution in [0.1, 0.15) is 13.8 Å². The van der Waals surface area contributed by atoms with Crippen LogP contribution in [-0.4, -0.2) is 46.8 Å². The topological polar surface area (TPSA) is 60.8 Å². The van der Waals surface area contributed by atoms with Crippen LogP contribution in [0.5, 0.6) is 0 Å². The molecule has 0 aliphatic rings. The quantitative estimate of drug-likeness (QED) is 0.592. The molecule has 80 valence electrons. The van der Waals surface area contributed by atoms with Gasteiger partial charge in [0.2, 0.25) is 0 Å². The van der Waals surface area contributed by atoms with E-state index in [9.17, 15) is 4.79 Å². The molecule has 0 rings (SSSR count). The number of terminal acetylenes is 1. The Labute approximate surface area is 84.5 Å². The first-order valence-corrected chi connectivity index (χ1v) is 4.54. The fourth-order valence-electron chi connectivity index (χ4n) is 1.17. The molecule has 0 saturated carbocycles. The van der Waals surface area contributed by atoms with Crippen molar-refractivity contribution in [1.29, 1.82) is 0 Å². The highest BCUT2D eigenvalue weighted by Crippen LogP contribution is 2.01. The summed E-state index contributed by atoms with van der Waals surface area (Å²) in [5.74, 6) is 1.12. The lowest BCUT2D eigenvalue weighted by atomic mass is 10.1. The zero-order valence-corrected chi connectivity index (χ0v) is 8.60. The normalized spacial score (nSPS) is 14.8. The number of rotatable bonds is 6. The van der Waals surface area contributed by atoms with Crippen LogP contribution in [0.3, 0.4) is 0 Å². The molecule has 4 nitrogen and oxygen atoms in total. The van der Waals surface area contributed by atoms with E-state index in [0.29, 0.717) is 19.6 Å². The molecule has 0 amide bonds. The number of hydrogen-bond acceptors (Lipinski definition) is 3. The number of nitrogens with zero attached hydrogens (tertiary/aromatic N) is 1. The zero-order chi connectivity index (χ0) is 11.1. The Balaban J connectivity index is 4.09. The maximum absolute atomic E-state index is 10.6. The molecule has 2 atom stereocenters. The van der Waals surface area contributed by atoms with Crippen LogP contribution >= 0.6 is 0 Å². The number of carbonyl (C=O) groups is 1. The summed E-state index contributed by atoms with van der Waals surface area (Å²) in [6.07, 6.45) is 4.64. The molecule has 4 heteroatoms. The fourth-order valence-corrected chi connectivity index (χ4v) is 1.17. The van der Waals surface area contributed by atoms with Gasteiger partial charge in [-0.15, -0.1) is 6.42 Å². The van der Waals surface area contributed by atoms with Crippen molar-refractivity contribution in [2.45, 2.75) is 20.0 Å². The van der Waals surface area contributed by atoms with E-state index in [1.165, 1.54) is 0 Å². The van der Waals surface area contributed by atoms with E-state index in [2.05, 4.69) is 5.92 Å². The van der Waals surface area contributed by atoms with Gasteiger partial charge in [0.15, 0.2) is 0 Å². The number of aliphatic hydroxyl groups is 1. The maximum Gasteiger partial charge on any atom is 0.307 e. The third-order valence-corrected chi connectivity index (χ3v) is 1.79. The SMILES string of the molecule is C#CCN(CC(C)O)CC(C)C(=O)O. The summed E-state index contributed by atoms with van der Waals surface area (Å²) >= 11 is 0. The summed E-state index contributed by atoms with van der Waals surface area (Å²) in [6.45, 7) is 4.40. The first-order chi connectivity index (χ1) is 6.47. The Morgan fingerprint density at radius 3 is 2.43 bits per heavy atom. The standard InChI is InChI=1S/C10H17NO3/c1-4-5-11(7-9(3)12)6-8(2)10(13)14/h1,8-9,12H,5-7H2,2-3H3,(H,13,14). The van der Waals surface area contributed by atoms with E-state index in [1.54, 1.807) is 18.7 Å². The van der Waals surface area contributed by atoms with Crippen LogP contribution in [0.4, 0.5) is 0 Å². The predicted molar refractivity (Wildman–Crippen MR) is 53.8 cm³/mol. The summed E-state index contributed by atoms with van der Waals surface area (Å²) in [5, 5.41) is 17.8. The average Bonchev–Trinajstić information content (AvgIpc) is 2.02. The number of carboxylic acid groups (broad SMARTS) is 1. The molecule has 0 bridgehead atoms. The first-order valence-electron chi connectivity index (χ1n) is 4.54. The van der Waals surface area contributed by atoms with E-state index in [4.69, 9.17) is 16.6 Å². The molecular formula is C10H17NO3. The van der Waals surface area contributed by atoms with Crippen molar-refractivity contribution in [3.8, 4) is 12.3 Å². The zero-order valence-electron chi connectivity index (χ0n) is 8.60. The van der Waals surface area contributed by atoms with Crippen LogP contribution in [0, 0.1) is 18.3 Å². The van der Waals surface area contributed by atoms with Crippen LogP contribution in [0.15, 0.2) is 0 Å². The lowest BCUT2D eigenvalue weighted by molar-refractivity contribution is -0.141. The molecule has 0 aliphatic heterocycles. The minimum atomic E-state index is -0.849. The number of aliphatic carboxylic acids is 1. The molecule has 14 heavy (non-hydrogen) atoms. The first kappa shape index (κ1) is 12.9. The Bertz CT molecular complexity index is 220. The molecular weight excluding hydrogens is 182 g/mol. The Morgan fingerprint density at radius 2 is 2.07 bits per heavy atom. The largest absolute Gasteiger partial charge is 0.481 e. The van der Waals surface area contributed by atoms with Gasteiger partial charge in [0.25, 0.3) is 0 Å². The van der Waals surface area contributed by atoms with Crippen LogP contribution in [0.25, 0.3) is 0 Å². The lowest BCUT2D eigenvalue weighted by Gasteiger charge is -2.22. The third kappa shape index (κ3) is 5.57. The van der Waals surface area contributed by atoms with Gasteiger partial charge in [0.1, 0.15) is 0 Å². The molecule has 2 N–H and O–H groups in total.